The fourth-order valence-electron chi connectivity index (χ4n) is 3.11. The Hall–Kier alpha value is -0.820. The van der Waals surface area contributed by atoms with Crippen LogP contribution in [0, 0.1) is 11.3 Å². The lowest BCUT2D eigenvalue weighted by molar-refractivity contribution is 0.277. The van der Waals surface area contributed by atoms with Gasteiger partial charge in [-0.05, 0) is 55.2 Å². The molecule has 0 fully saturated rings. The SMILES string of the molecule is CCc1ccc(CC(CC(C)CC(C)(C)C)NC)cc1. The molecule has 0 radical (unpaired) electrons. The monoisotopic (exact) mass is 275 g/mol. The van der Waals surface area contributed by atoms with Crippen LogP contribution in [0.2, 0.25) is 0 Å². The molecule has 0 heterocycles. The zero-order valence-electron chi connectivity index (χ0n) is 14.3. The van der Waals surface area contributed by atoms with Crippen LogP contribution in [0.3, 0.4) is 0 Å². The van der Waals surface area contributed by atoms with Gasteiger partial charge in [-0.15, -0.1) is 0 Å². The van der Waals surface area contributed by atoms with Gasteiger partial charge in [-0.25, -0.2) is 0 Å². The molecule has 1 rings (SSSR count). The van der Waals surface area contributed by atoms with Crippen molar-refractivity contribution >= 4 is 0 Å². The zero-order chi connectivity index (χ0) is 15.2. The van der Waals surface area contributed by atoms with Crippen LogP contribution in [-0.4, -0.2) is 13.1 Å². The summed E-state index contributed by atoms with van der Waals surface area (Å²) in [5.74, 6) is 0.766. The van der Waals surface area contributed by atoms with Gasteiger partial charge in [-0.3, -0.25) is 0 Å². The first-order valence-electron chi connectivity index (χ1n) is 8.09. The van der Waals surface area contributed by atoms with E-state index in [4.69, 9.17) is 0 Å². The van der Waals surface area contributed by atoms with Gasteiger partial charge in [-0.2, -0.15) is 0 Å². The molecule has 0 saturated heterocycles. The van der Waals surface area contributed by atoms with E-state index in [-0.39, 0.29) is 0 Å². The minimum absolute atomic E-state index is 0.431. The predicted molar refractivity (Wildman–Crippen MR) is 90.2 cm³/mol. The minimum atomic E-state index is 0.431. The van der Waals surface area contributed by atoms with Gasteiger partial charge in [0.2, 0.25) is 0 Å². The van der Waals surface area contributed by atoms with E-state index in [9.17, 15) is 0 Å². The van der Waals surface area contributed by atoms with Crippen molar-refractivity contribution in [2.45, 2.75) is 66.3 Å². The smallest absolute Gasteiger partial charge is 0.0107 e. The van der Waals surface area contributed by atoms with Crippen LogP contribution in [0.5, 0.6) is 0 Å². The summed E-state index contributed by atoms with van der Waals surface area (Å²) in [6.07, 6.45) is 4.80. The molecule has 0 aliphatic rings. The maximum Gasteiger partial charge on any atom is 0.0107 e. The zero-order valence-corrected chi connectivity index (χ0v) is 14.3. The second-order valence-electron chi connectivity index (χ2n) is 7.47. The molecule has 0 spiro atoms. The van der Waals surface area contributed by atoms with E-state index in [2.05, 4.69) is 71.2 Å². The molecule has 0 amide bonds. The Morgan fingerprint density at radius 3 is 2.05 bits per heavy atom. The molecule has 1 heteroatoms. The molecule has 0 saturated carbocycles. The Labute approximate surface area is 126 Å². The molecule has 1 N–H and O–H groups in total. The topological polar surface area (TPSA) is 12.0 Å². The van der Waals surface area contributed by atoms with E-state index < -0.39 is 0 Å². The lowest BCUT2D eigenvalue weighted by Crippen LogP contribution is -2.30. The largest absolute Gasteiger partial charge is 0.317 e. The van der Waals surface area contributed by atoms with E-state index in [1.165, 1.54) is 24.0 Å². The summed E-state index contributed by atoms with van der Waals surface area (Å²) in [6, 6.07) is 9.69. The van der Waals surface area contributed by atoms with Crippen molar-refractivity contribution in [2.75, 3.05) is 7.05 Å². The van der Waals surface area contributed by atoms with Gasteiger partial charge in [0.05, 0.1) is 0 Å². The van der Waals surface area contributed by atoms with Crippen LogP contribution >= 0.6 is 0 Å². The highest BCUT2D eigenvalue weighted by Gasteiger charge is 2.18. The third-order valence-electron chi connectivity index (χ3n) is 3.97. The maximum atomic E-state index is 3.50. The van der Waals surface area contributed by atoms with Gasteiger partial charge in [0, 0.05) is 6.04 Å². The van der Waals surface area contributed by atoms with E-state index in [1.54, 1.807) is 0 Å². The maximum absolute atomic E-state index is 3.50. The van der Waals surface area contributed by atoms with Crippen molar-refractivity contribution in [3.63, 3.8) is 0 Å². The minimum Gasteiger partial charge on any atom is -0.317 e. The normalized spacial score (nSPS) is 15.1. The van der Waals surface area contributed by atoms with E-state index in [1.807, 2.05) is 0 Å². The number of hydrogen-bond acceptors (Lipinski definition) is 1. The van der Waals surface area contributed by atoms with Crippen LogP contribution in [0.15, 0.2) is 24.3 Å². The Balaban J connectivity index is 2.53. The van der Waals surface area contributed by atoms with Crippen molar-refractivity contribution in [2.24, 2.45) is 11.3 Å². The van der Waals surface area contributed by atoms with Crippen molar-refractivity contribution in [1.29, 1.82) is 0 Å². The first-order valence-corrected chi connectivity index (χ1v) is 8.09. The number of benzene rings is 1. The highest BCUT2D eigenvalue weighted by atomic mass is 14.9. The lowest BCUT2D eigenvalue weighted by atomic mass is 9.82. The Kier molecular flexibility index (Phi) is 6.75. The van der Waals surface area contributed by atoms with Crippen LogP contribution in [-0.2, 0) is 12.8 Å². The summed E-state index contributed by atoms with van der Waals surface area (Å²) < 4.78 is 0. The molecule has 0 bridgehead atoms. The average molecular weight is 275 g/mol. The van der Waals surface area contributed by atoms with Crippen molar-refractivity contribution in [3.8, 4) is 0 Å². The molecule has 20 heavy (non-hydrogen) atoms. The van der Waals surface area contributed by atoms with Crippen molar-refractivity contribution in [3.05, 3.63) is 35.4 Å². The lowest BCUT2D eigenvalue weighted by Gasteiger charge is -2.26. The van der Waals surface area contributed by atoms with Crippen LogP contribution in [0.4, 0.5) is 0 Å². The Morgan fingerprint density at radius 1 is 1.05 bits per heavy atom. The molecule has 1 aromatic rings. The van der Waals surface area contributed by atoms with Gasteiger partial charge in [-0.1, -0.05) is 58.9 Å². The van der Waals surface area contributed by atoms with Crippen LogP contribution < -0.4 is 5.32 Å². The standard InChI is InChI=1S/C19H33N/c1-7-16-8-10-17(11-9-16)13-18(20-6)12-15(2)14-19(3,4)5/h8-11,15,18,20H,7,12-14H2,1-6H3. The van der Waals surface area contributed by atoms with Gasteiger partial charge in [0.15, 0.2) is 0 Å². The quantitative estimate of drug-likeness (QED) is 0.750. The van der Waals surface area contributed by atoms with Gasteiger partial charge < -0.3 is 5.32 Å². The van der Waals surface area contributed by atoms with E-state index in [0.717, 1.165) is 18.8 Å². The first kappa shape index (κ1) is 17.2. The third kappa shape index (κ3) is 6.56. The number of aryl methyl sites for hydroxylation is 1. The fourth-order valence-corrected chi connectivity index (χ4v) is 3.11. The first-order chi connectivity index (χ1) is 9.34. The summed E-state index contributed by atoms with van der Waals surface area (Å²) in [7, 11) is 2.09. The van der Waals surface area contributed by atoms with Crippen molar-refractivity contribution < 1.29 is 0 Å². The summed E-state index contributed by atoms with van der Waals surface area (Å²) in [4.78, 5) is 0. The fraction of sp³-hybridized carbons (Fsp3) is 0.684. The highest BCUT2D eigenvalue weighted by Crippen LogP contribution is 2.27. The van der Waals surface area contributed by atoms with E-state index in [0.29, 0.717) is 11.5 Å². The molecule has 0 aromatic heterocycles. The summed E-state index contributed by atoms with van der Waals surface area (Å²) >= 11 is 0. The summed E-state index contributed by atoms with van der Waals surface area (Å²) in [5, 5.41) is 3.50. The molecular weight excluding hydrogens is 242 g/mol. The Morgan fingerprint density at radius 2 is 1.60 bits per heavy atom. The molecule has 0 aliphatic carbocycles. The Bertz CT molecular complexity index is 372. The average Bonchev–Trinajstić information content (AvgIpc) is 2.36. The van der Waals surface area contributed by atoms with Crippen LogP contribution in [0.1, 0.15) is 58.6 Å². The number of nitrogens with one attached hydrogen (secondary N) is 1. The second-order valence-corrected chi connectivity index (χ2v) is 7.47. The second kappa shape index (κ2) is 7.83. The molecule has 2 unspecified atom stereocenters. The number of hydrogen-bond donors (Lipinski definition) is 1. The number of rotatable bonds is 7. The molecule has 2 atom stereocenters. The molecule has 114 valence electrons. The van der Waals surface area contributed by atoms with Crippen molar-refractivity contribution in [1.82, 2.24) is 5.32 Å². The predicted octanol–water partition coefficient (Wildman–Crippen LogP) is 4.84. The molecule has 1 aromatic carbocycles. The van der Waals surface area contributed by atoms with Gasteiger partial charge in [0.25, 0.3) is 0 Å². The number of likely N-dealkylation sites (N-methyl/N-ethyl adjacent to an activating group) is 1. The summed E-state index contributed by atoms with van der Waals surface area (Å²) in [5.41, 5.74) is 3.31. The van der Waals surface area contributed by atoms with E-state index >= 15 is 0 Å². The van der Waals surface area contributed by atoms with Crippen LogP contribution in [0.25, 0.3) is 0 Å². The molecular formula is C19H33N. The van der Waals surface area contributed by atoms with Gasteiger partial charge >= 0.3 is 0 Å². The summed E-state index contributed by atoms with van der Waals surface area (Å²) in [6.45, 7) is 11.6. The molecule has 1 nitrogen and oxygen atoms in total. The highest BCUT2D eigenvalue weighted by molar-refractivity contribution is 5.23. The third-order valence-corrected chi connectivity index (χ3v) is 3.97. The van der Waals surface area contributed by atoms with Gasteiger partial charge in [0.1, 0.15) is 0 Å². The molecule has 0 aliphatic heterocycles.